The van der Waals surface area contributed by atoms with Gasteiger partial charge in [-0.3, -0.25) is 9.29 Å². The lowest BCUT2D eigenvalue weighted by Crippen LogP contribution is -2.25. The third kappa shape index (κ3) is 6.01. The van der Waals surface area contributed by atoms with Gasteiger partial charge >= 0.3 is 0 Å². The van der Waals surface area contributed by atoms with E-state index in [1.807, 2.05) is 18.2 Å². The molecule has 0 spiro atoms. The highest BCUT2D eigenvalue weighted by atomic mass is 19.1. The predicted molar refractivity (Wildman–Crippen MR) is 76.2 cm³/mol. The number of halogens is 1. The number of nitrogens with zero attached hydrogens (tertiary/aromatic N) is 1. The fourth-order valence-corrected chi connectivity index (χ4v) is 2.14. The van der Waals surface area contributed by atoms with Gasteiger partial charge in [-0.15, -0.1) is 0 Å². The van der Waals surface area contributed by atoms with E-state index in [0.29, 0.717) is 6.42 Å². The van der Waals surface area contributed by atoms with E-state index in [1.165, 1.54) is 5.56 Å². The number of nitrogens with two attached hydrogens (primary N) is 1. The Hall–Kier alpha value is -1.09. The summed E-state index contributed by atoms with van der Waals surface area (Å²) in [6.07, 6.45) is 3.89. The third-order valence-corrected chi connectivity index (χ3v) is 3.01. The molecule has 0 unspecified atom stereocenters. The Bertz CT molecular complexity index is 328. The number of unbranched alkanes of at least 4 members (excludes halogenated alkanes) is 2. The summed E-state index contributed by atoms with van der Waals surface area (Å²) in [6.45, 7) is 5.07. The minimum atomic E-state index is -0.191. The van der Waals surface area contributed by atoms with E-state index in [0.717, 1.165) is 44.6 Å². The molecule has 102 valence electrons. The first-order valence-corrected chi connectivity index (χ1v) is 6.89. The molecule has 0 atom stereocenters. The molecular weight excluding hydrogens is 227 g/mol. The van der Waals surface area contributed by atoms with Crippen LogP contribution in [-0.2, 0) is 6.54 Å². The van der Waals surface area contributed by atoms with Crippen LogP contribution in [0.3, 0.4) is 0 Å². The fourth-order valence-electron chi connectivity index (χ4n) is 2.14. The van der Waals surface area contributed by atoms with Crippen molar-refractivity contribution in [3.05, 3.63) is 29.8 Å². The van der Waals surface area contributed by atoms with Crippen molar-refractivity contribution in [3.63, 3.8) is 0 Å². The summed E-state index contributed by atoms with van der Waals surface area (Å²) in [5.41, 5.74) is 7.87. The molecule has 0 saturated heterocycles. The quantitative estimate of drug-likeness (QED) is 0.537. The van der Waals surface area contributed by atoms with Crippen molar-refractivity contribution >= 4 is 5.69 Å². The summed E-state index contributed by atoms with van der Waals surface area (Å²) in [6, 6.07) is 8.05. The molecule has 0 radical (unpaired) electrons. The van der Waals surface area contributed by atoms with Gasteiger partial charge in [-0.2, -0.15) is 0 Å². The third-order valence-electron chi connectivity index (χ3n) is 3.01. The van der Waals surface area contributed by atoms with Gasteiger partial charge in [-0.1, -0.05) is 19.1 Å². The Morgan fingerprint density at radius 1 is 1.17 bits per heavy atom. The Balaban J connectivity index is 2.41. The van der Waals surface area contributed by atoms with Gasteiger partial charge < -0.3 is 5.73 Å². The van der Waals surface area contributed by atoms with Crippen LogP contribution in [0.4, 0.5) is 10.1 Å². The number of alkyl halides is 1. The van der Waals surface area contributed by atoms with Crippen molar-refractivity contribution in [1.29, 1.82) is 0 Å². The number of anilines is 1. The molecule has 1 aromatic carbocycles. The number of rotatable bonds is 9. The number of hydrogen-bond donors (Lipinski definition) is 1. The molecule has 18 heavy (non-hydrogen) atoms. The molecule has 2 nitrogen and oxygen atoms in total. The van der Waals surface area contributed by atoms with Crippen LogP contribution in [0.1, 0.15) is 38.2 Å². The smallest absolute Gasteiger partial charge is 0.0894 e. The zero-order valence-corrected chi connectivity index (χ0v) is 11.4. The molecule has 0 aromatic heterocycles. The summed E-state index contributed by atoms with van der Waals surface area (Å²) >= 11 is 0. The standard InChI is InChI=1S/C15H25FN2/c1-2-10-18(11-5-3-4-9-16)13-14-7-6-8-15(17)12-14/h6-8,12H,2-5,9-11,13,17H2,1H3. The molecule has 0 amide bonds. The molecule has 2 N–H and O–H groups in total. The van der Waals surface area contributed by atoms with Crippen LogP contribution >= 0.6 is 0 Å². The first kappa shape index (κ1) is 15.0. The molecular formula is C15H25FN2. The lowest BCUT2D eigenvalue weighted by molar-refractivity contribution is 0.258. The topological polar surface area (TPSA) is 29.3 Å². The van der Waals surface area contributed by atoms with E-state index >= 15 is 0 Å². The predicted octanol–water partition coefficient (Wildman–Crippen LogP) is 3.62. The van der Waals surface area contributed by atoms with E-state index in [1.54, 1.807) is 0 Å². The van der Waals surface area contributed by atoms with Crippen LogP contribution in [0.15, 0.2) is 24.3 Å². The molecule has 0 heterocycles. The molecule has 1 rings (SSSR count). The number of benzene rings is 1. The molecule has 0 aliphatic carbocycles. The van der Waals surface area contributed by atoms with Crippen LogP contribution in [-0.4, -0.2) is 24.7 Å². The maximum Gasteiger partial charge on any atom is 0.0894 e. The minimum absolute atomic E-state index is 0.191. The van der Waals surface area contributed by atoms with Crippen molar-refractivity contribution in [2.45, 2.75) is 39.2 Å². The first-order valence-electron chi connectivity index (χ1n) is 6.89. The second-order valence-corrected chi connectivity index (χ2v) is 4.77. The minimum Gasteiger partial charge on any atom is -0.399 e. The van der Waals surface area contributed by atoms with E-state index in [-0.39, 0.29) is 6.67 Å². The molecule has 0 bridgehead atoms. The van der Waals surface area contributed by atoms with Crippen molar-refractivity contribution in [2.75, 3.05) is 25.5 Å². The molecule has 0 saturated carbocycles. The summed E-state index contributed by atoms with van der Waals surface area (Å²) in [7, 11) is 0. The van der Waals surface area contributed by atoms with Crippen LogP contribution in [0, 0.1) is 0 Å². The normalized spacial score (nSPS) is 11.1. The van der Waals surface area contributed by atoms with Gasteiger partial charge in [0.2, 0.25) is 0 Å². The van der Waals surface area contributed by atoms with Crippen LogP contribution in [0.5, 0.6) is 0 Å². The van der Waals surface area contributed by atoms with Crippen molar-refractivity contribution in [2.24, 2.45) is 0 Å². The largest absolute Gasteiger partial charge is 0.399 e. The average molecular weight is 252 g/mol. The zero-order chi connectivity index (χ0) is 13.2. The summed E-state index contributed by atoms with van der Waals surface area (Å²) < 4.78 is 12.0. The Labute approximate surface area is 110 Å². The van der Waals surface area contributed by atoms with Crippen molar-refractivity contribution in [1.82, 2.24) is 4.90 Å². The maximum atomic E-state index is 12.0. The monoisotopic (exact) mass is 252 g/mol. The summed E-state index contributed by atoms with van der Waals surface area (Å²) in [5, 5.41) is 0. The number of nitrogen functional groups attached to an aromatic ring is 1. The van der Waals surface area contributed by atoms with Crippen LogP contribution in [0.25, 0.3) is 0 Å². The lowest BCUT2D eigenvalue weighted by Gasteiger charge is -2.21. The highest BCUT2D eigenvalue weighted by Crippen LogP contribution is 2.11. The number of hydrogen-bond acceptors (Lipinski definition) is 2. The molecule has 0 aliphatic rings. The van der Waals surface area contributed by atoms with Gasteiger partial charge in [0.15, 0.2) is 0 Å². The van der Waals surface area contributed by atoms with E-state index < -0.39 is 0 Å². The maximum absolute atomic E-state index is 12.0. The van der Waals surface area contributed by atoms with Gasteiger partial charge in [0.05, 0.1) is 6.67 Å². The van der Waals surface area contributed by atoms with Crippen molar-refractivity contribution < 1.29 is 4.39 Å². The second kappa shape index (κ2) is 8.92. The SMILES string of the molecule is CCCN(CCCCCF)Cc1cccc(N)c1. The zero-order valence-electron chi connectivity index (χ0n) is 11.4. The van der Waals surface area contributed by atoms with Crippen molar-refractivity contribution in [3.8, 4) is 0 Å². The summed E-state index contributed by atoms with van der Waals surface area (Å²) in [5.74, 6) is 0. The molecule has 0 fully saturated rings. The second-order valence-electron chi connectivity index (χ2n) is 4.77. The highest BCUT2D eigenvalue weighted by molar-refractivity contribution is 5.40. The van der Waals surface area contributed by atoms with Crippen LogP contribution < -0.4 is 5.73 Å². The Morgan fingerprint density at radius 3 is 2.67 bits per heavy atom. The highest BCUT2D eigenvalue weighted by Gasteiger charge is 2.05. The van der Waals surface area contributed by atoms with E-state index in [2.05, 4.69) is 17.9 Å². The van der Waals surface area contributed by atoms with Gasteiger partial charge in [0, 0.05) is 12.2 Å². The van der Waals surface area contributed by atoms with Gasteiger partial charge in [0.1, 0.15) is 0 Å². The van der Waals surface area contributed by atoms with Crippen LogP contribution in [0.2, 0.25) is 0 Å². The Kier molecular flexibility index (Phi) is 7.42. The molecule has 0 aliphatic heterocycles. The lowest BCUT2D eigenvalue weighted by atomic mass is 10.1. The van der Waals surface area contributed by atoms with Gasteiger partial charge in [0.25, 0.3) is 0 Å². The fraction of sp³-hybridized carbons (Fsp3) is 0.600. The van der Waals surface area contributed by atoms with E-state index in [9.17, 15) is 4.39 Å². The Morgan fingerprint density at radius 2 is 2.00 bits per heavy atom. The average Bonchev–Trinajstić information content (AvgIpc) is 2.35. The first-order chi connectivity index (χ1) is 8.76. The summed E-state index contributed by atoms with van der Waals surface area (Å²) in [4.78, 5) is 2.42. The van der Waals surface area contributed by atoms with Gasteiger partial charge in [-0.05, 0) is 56.5 Å². The molecule has 1 aromatic rings. The molecule has 3 heteroatoms. The van der Waals surface area contributed by atoms with Gasteiger partial charge in [-0.25, -0.2) is 0 Å². The van der Waals surface area contributed by atoms with E-state index in [4.69, 9.17) is 5.73 Å².